The average Bonchev–Trinajstić information content (AvgIpc) is 2.37. The summed E-state index contributed by atoms with van der Waals surface area (Å²) in [4.78, 5) is 1.87. The van der Waals surface area contributed by atoms with Gasteiger partial charge in [0, 0.05) is 35.8 Å². The number of hydrogen-bond donors (Lipinski definition) is 1. The number of nitrogens with zero attached hydrogens (tertiary/aromatic N) is 1. The molecule has 1 heterocycles. The molecule has 2 rings (SSSR count). The number of hydrogen-bond acceptors (Lipinski definition) is 3. The van der Waals surface area contributed by atoms with Gasteiger partial charge in [0.05, 0.1) is 5.56 Å². The lowest BCUT2D eigenvalue weighted by molar-refractivity contribution is -0.137. The molecular formula is C15H21F3N2S. The van der Waals surface area contributed by atoms with Crippen LogP contribution < -0.4 is 10.2 Å². The molecule has 1 fully saturated rings. The zero-order valence-corrected chi connectivity index (χ0v) is 13.3. The second-order valence-electron chi connectivity index (χ2n) is 5.54. The van der Waals surface area contributed by atoms with Crippen molar-refractivity contribution in [3.63, 3.8) is 0 Å². The lowest BCUT2D eigenvalue weighted by Gasteiger charge is -2.37. The van der Waals surface area contributed by atoms with Gasteiger partial charge in [0.25, 0.3) is 0 Å². The summed E-state index contributed by atoms with van der Waals surface area (Å²) in [5, 5.41) is 3.57. The number of benzene rings is 1. The van der Waals surface area contributed by atoms with E-state index in [2.05, 4.69) is 19.2 Å². The van der Waals surface area contributed by atoms with Crippen molar-refractivity contribution in [2.75, 3.05) is 25.0 Å². The first-order valence-electron chi connectivity index (χ1n) is 7.06. The third kappa shape index (κ3) is 4.07. The smallest absolute Gasteiger partial charge is 0.369 e. The number of nitrogens with one attached hydrogen (secondary N) is 1. The molecule has 0 radical (unpaired) electrons. The summed E-state index contributed by atoms with van der Waals surface area (Å²) < 4.78 is 40.1. The zero-order valence-electron chi connectivity index (χ0n) is 12.5. The molecule has 0 aliphatic carbocycles. The van der Waals surface area contributed by atoms with E-state index in [1.165, 1.54) is 6.07 Å². The van der Waals surface area contributed by atoms with E-state index in [4.69, 9.17) is 0 Å². The van der Waals surface area contributed by atoms with Gasteiger partial charge in [0.15, 0.2) is 0 Å². The van der Waals surface area contributed by atoms with Gasteiger partial charge in [-0.25, -0.2) is 0 Å². The second kappa shape index (κ2) is 6.48. The molecule has 1 aliphatic rings. The highest BCUT2D eigenvalue weighted by Crippen LogP contribution is 2.39. The van der Waals surface area contributed by atoms with Crippen molar-refractivity contribution in [1.82, 2.24) is 5.32 Å². The van der Waals surface area contributed by atoms with Crippen LogP contribution in [-0.2, 0) is 12.7 Å². The highest BCUT2D eigenvalue weighted by atomic mass is 32.2. The Bertz CT molecular complexity index is 480. The van der Waals surface area contributed by atoms with E-state index in [1.54, 1.807) is 19.2 Å². The molecule has 1 aromatic rings. The van der Waals surface area contributed by atoms with E-state index in [1.807, 2.05) is 16.7 Å². The fraction of sp³-hybridized carbons (Fsp3) is 0.600. The van der Waals surface area contributed by atoms with Crippen molar-refractivity contribution in [1.29, 1.82) is 0 Å². The Morgan fingerprint density at radius 1 is 1.24 bits per heavy atom. The van der Waals surface area contributed by atoms with Crippen LogP contribution in [0.2, 0.25) is 0 Å². The van der Waals surface area contributed by atoms with E-state index >= 15 is 0 Å². The maximum absolute atomic E-state index is 13.4. The third-order valence-electron chi connectivity index (χ3n) is 3.51. The lowest BCUT2D eigenvalue weighted by Crippen LogP contribution is -2.41. The van der Waals surface area contributed by atoms with E-state index < -0.39 is 11.7 Å². The van der Waals surface area contributed by atoms with Crippen LogP contribution in [0.5, 0.6) is 0 Å². The molecule has 1 saturated heterocycles. The van der Waals surface area contributed by atoms with Gasteiger partial charge in [-0.15, -0.1) is 0 Å². The average molecular weight is 318 g/mol. The van der Waals surface area contributed by atoms with E-state index in [0.29, 0.717) is 41.4 Å². The Hall–Kier alpha value is -0.880. The molecular weight excluding hydrogens is 297 g/mol. The molecule has 0 saturated carbocycles. The van der Waals surface area contributed by atoms with Crippen molar-refractivity contribution in [3.05, 3.63) is 29.3 Å². The largest absolute Gasteiger partial charge is 0.418 e. The Morgan fingerprint density at radius 3 is 2.38 bits per heavy atom. The molecule has 0 bridgehead atoms. The van der Waals surface area contributed by atoms with Gasteiger partial charge < -0.3 is 10.2 Å². The van der Waals surface area contributed by atoms with Crippen LogP contribution in [0.4, 0.5) is 18.9 Å². The molecule has 1 aliphatic heterocycles. The third-order valence-corrected chi connectivity index (χ3v) is 4.73. The summed E-state index contributed by atoms with van der Waals surface area (Å²) >= 11 is 1.83. The van der Waals surface area contributed by atoms with Crippen LogP contribution in [0.1, 0.15) is 25.0 Å². The molecule has 1 aromatic carbocycles. The highest BCUT2D eigenvalue weighted by Gasteiger charge is 2.36. The van der Waals surface area contributed by atoms with Gasteiger partial charge in [-0.2, -0.15) is 24.9 Å². The molecule has 21 heavy (non-hydrogen) atoms. The monoisotopic (exact) mass is 318 g/mol. The topological polar surface area (TPSA) is 15.3 Å². The van der Waals surface area contributed by atoms with Crippen molar-refractivity contribution < 1.29 is 13.2 Å². The number of thioether (sulfide) groups is 1. The Labute approximate surface area is 128 Å². The summed E-state index contributed by atoms with van der Waals surface area (Å²) in [6, 6.07) is 4.66. The summed E-state index contributed by atoms with van der Waals surface area (Å²) in [6.07, 6.45) is -4.32. The van der Waals surface area contributed by atoms with E-state index in [0.717, 1.165) is 0 Å². The SMILES string of the molecule is CNCc1ccc(N2CC(C)SC(C)C2)c(C(F)(F)F)c1. The quantitative estimate of drug-likeness (QED) is 0.913. The first-order valence-corrected chi connectivity index (χ1v) is 8.00. The molecule has 118 valence electrons. The number of anilines is 1. The Morgan fingerprint density at radius 2 is 1.86 bits per heavy atom. The number of rotatable bonds is 3. The first kappa shape index (κ1) is 16.5. The van der Waals surface area contributed by atoms with Gasteiger partial charge in [-0.3, -0.25) is 0 Å². The van der Waals surface area contributed by atoms with Gasteiger partial charge in [-0.1, -0.05) is 19.9 Å². The van der Waals surface area contributed by atoms with E-state index in [-0.39, 0.29) is 0 Å². The van der Waals surface area contributed by atoms with Gasteiger partial charge in [-0.05, 0) is 24.7 Å². The Kier molecular flexibility index (Phi) is 5.09. The van der Waals surface area contributed by atoms with Crippen LogP contribution in [0.15, 0.2) is 18.2 Å². The molecule has 0 spiro atoms. The zero-order chi connectivity index (χ0) is 15.6. The summed E-state index contributed by atoms with van der Waals surface area (Å²) in [5.74, 6) is 0. The van der Waals surface area contributed by atoms with Crippen molar-refractivity contribution >= 4 is 17.4 Å². The summed E-state index contributed by atoms with van der Waals surface area (Å²) in [7, 11) is 1.73. The lowest BCUT2D eigenvalue weighted by atomic mass is 10.1. The maximum Gasteiger partial charge on any atom is 0.418 e. The van der Waals surface area contributed by atoms with Crippen LogP contribution in [-0.4, -0.2) is 30.6 Å². The Balaban J connectivity index is 2.37. The highest BCUT2D eigenvalue weighted by molar-refractivity contribution is 8.00. The predicted molar refractivity (Wildman–Crippen MR) is 82.9 cm³/mol. The molecule has 2 nitrogen and oxygen atoms in total. The van der Waals surface area contributed by atoms with Gasteiger partial charge in [0.2, 0.25) is 0 Å². The molecule has 1 N–H and O–H groups in total. The summed E-state index contributed by atoms with van der Waals surface area (Å²) in [5.41, 5.74) is 0.434. The molecule has 0 amide bonds. The number of alkyl halides is 3. The predicted octanol–water partition coefficient (Wildman–Crippen LogP) is 3.76. The van der Waals surface area contributed by atoms with Crippen molar-refractivity contribution in [3.8, 4) is 0 Å². The summed E-state index contributed by atoms with van der Waals surface area (Å²) in [6.45, 7) is 5.88. The fourth-order valence-electron chi connectivity index (χ4n) is 2.77. The minimum atomic E-state index is -4.32. The van der Waals surface area contributed by atoms with Crippen LogP contribution in [0.3, 0.4) is 0 Å². The van der Waals surface area contributed by atoms with Crippen molar-refractivity contribution in [2.24, 2.45) is 0 Å². The minimum absolute atomic E-state index is 0.307. The molecule has 6 heteroatoms. The minimum Gasteiger partial charge on any atom is -0.369 e. The molecule has 0 aromatic heterocycles. The van der Waals surface area contributed by atoms with Crippen LogP contribution in [0.25, 0.3) is 0 Å². The van der Waals surface area contributed by atoms with Gasteiger partial charge in [0.1, 0.15) is 0 Å². The first-order chi connectivity index (χ1) is 9.81. The van der Waals surface area contributed by atoms with Crippen LogP contribution in [0, 0.1) is 0 Å². The normalized spacial score (nSPS) is 23.4. The molecule has 2 unspecified atom stereocenters. The van der Waals surface area contributed by atoms with E-state index in [9.17, 15) is 13.2 Å². The van der Waals surface area contributed by atoms with Crippen molar-refractivity contribution in [2.45, 2.75) is 37.1 Å². The second-order valence-corrected chi connectivity index (χ2v) is 7.42. The maximum atomic E-state index is 13.4. The van der Waals surface area contributed by atoms with Crippen LogP contribution >= 0.6 is 11.8 Å². The number of halogens is 3. The fourth-order valence-corrected chi connectivity index (χ4v) is 4.10. The van der Waals surface area contributed by atoms with Gasteiger partial charge >= 0.3 is 6.18 Å². The standard InChI is InChI=1S/C15H21F3N2S/c1-10-8-20(9-11(2)21-10)14-5-4-12(7-19-3)6-13(14)15(16,17)18/h4-6,10-11,19H,7-9H2,1-3H3. The molecule has 2 atom stereocenters.